The van der Waals surface area contributed by atoms with Crippen LogP contribution in [0.25, 0.3) is 0 Å². The van der Waals surface area contributed by atoms with E-state index in [1.165, 1.54) is 6.92 Å². The molecule has 5 heteroatoms. The summed E-state index contributed by atoms with van der Waals surface area (Å²) >= 11 is 0. The van der Waals surface area contributed by atoms with Crippen molar-refractivity contribution in [3.63, 3.8) is 0 Å². The molecule has 1 N–H and O–H groups in total. The van der Waals surface area contributed by atoms with Crippen molar-refractivity contribution in [1.29, 1.82) is 0 Å². The van der Waals surface area contributed by atoms with E-state index < -0.39 is 24.0 Å². The molecule has 10 heavy (non-hydrogen) atoms. The molecule has 0 saturated carbocycles. The van der Waals surface area contributed by atoms with E-state index in [1.807, 2.05) is 0 Å². The number of carbonyl (C=O) groups excluding carboxylic acids is 2. The number of rotatable bonds is 3. The highest BCUT2D eigenvalue weighted by molar-refractivity contribution is 6.36. The number of hydrogen-bond acceptors (Lipinski definition) is 3. The van der Waals surface area contributed by atoms with E-state index in [4.69, 9.17) is 5.11 Å². The molecule has 54 valence electrons. The topological polar surface area (TPSA) is 71.4 Å². The van der Waals surface area contributed by atoms with E-state index in [1.54, 1.807) is 0 Å². The van der Waals surface area contributed by atoms with Gasteiger partial charge in [0.1, 0.15) is 5.78 Å². The molecule has 0 rings (SSSR count). The molecule has 0 unspecified atom stereocenters. The third kappa shape index (κ3) is 5.71. The monoisotopic (exact) mass is 156 g/mol. The number of Topliss-reactive ketones (excluding diaryl/α,β-unsaturated/α-hetero) is 2. The van der Waals surface area contributed by atoms with Crippen molar-refractivity contribution in [2.45, 2.75) is 13.3 Å². The Morgan fingerprint density at radius 3 is 1.80 bits per heavy atom. The van der Waals surface area contributed by atoms with Gasteiger partial charge in [-0.3, -0.25) is 9.59 Å². The smallest absolute Gasteiger partial charge is 0.372 e. The van der Waals surface area contributed by atoms with Crippen LogP contribution < -0.4 is 0 Å². The number of carboxylic acids is 1. The van der Waals surface area contributed by atoms with Crippen molar-refractivity contribution < 1.29 is 19.5 Å². The van der Waals surface area contributed by atoms with E-state index in [9.17, 15) is 14.4 Å². The van der Waals surface area contributed by atoms with Gasteiger partial charge in [-0.15, -0.1) is 0 Å². The minimum absolute atomic E-state index is 0. The summed E-state index contributed by atoms with van der Waals surface area (Å²) in [7, 11) is 0. The molecule has 4 nitrogen and oxygen atoms in total. The van der Waals surface area contributed by atoms with Gasteiger partial charge in [0.05, 0.1) is 6.42 Å². The van der Waals surface area contributed by atoms with Crippen LogP contribution in [0.3, 0.4) is 0 Å². The van der Waals surface area contributed by atoms with Gasteiger partial charge in [0.2, 0.25) is 5.78 Å². The fourth-order valence-corrected chi connectivity index (χ4v) is 0.302. The molecule has 0 atom stereocenters. The standard InChI is InChI=1S/C5H6O4.Mg.2H/c1-3(6)2-4(7)5(8)9;;;/h2H2,1H3,(H,8,9);;;. The second kappa shape index (κ2) is 5.37. The quantitative estimate of drug-likeness (QED) is 0.313. The van der Waals surface area contributed by atoms with Crippen molar-refractivity contribution in [1.82, 2.24) is 0 Å². The summed E-state index contributed by atoms with van der Waals surface area (Å²) in [6.45, 7) is 1.17. The number of carboxylic acid groups (broad SMARTS) is 1. The lowest BCUT2D eigenvalue weighted by Crippen LogP contribution is -2.15. The fraction of sp³-hybridized carbons (Fsp3) is 0.400. The molecule has 0 aromatic heterocycles. The number of carbonyl (C=O) groups is 3. The van der Waals surface area contributed by atoms with Gasteiger partial charge in [0, 0.05) is 0 Å². The van der Waals surface area contributed by atoms with E-state index in [0.717, 1.165) is 0 Å². The average molecular weight is 156 g/mol. The number of hydrogen-bond donors (Lipinski definition) is 1. The minimum Gasteiger partial charge on any atom is -0.475 e. The zero-order valence-electron chi connectivity index (χ0n) is 4.88. The number of aliphatic carboxylic acids is 1. The minimum atomic E-state index is -1.55. The zero-order chi connectivity index (χ0) is 7.44. The van der Waals surface area contributed by atoms with Crippen molar-refractivity contribution in [2.24, 2.45) is 0 Å². The van der Waals surface area contributed by atoms with Crippen LogP contribution in [-0.2, 0) is 14.4 Å². The summed E-state index contributed by atoms with van der Waals surface area (Å²) in [6, 6.07) is 0. The molecular formula is C5H8MgO4. The maximum atomic E-state index is 10.1. The van der Waals surface area contributed by atoms with Crippen LogP contribution >= 0.6 is 0 Å². The Morgan fingerprint density at radius 2 is 1.70 bits per heavy atom. The van der Waals surface area contributed by atoms with Gasteiger partial charge in [-0.05, 0) is 6.92 Å². The predicted molar refractivity (Wildman–Crippen MR) is 36.5 cm³/mol. The van der Waals surface area contributed by atoms with Crippen LogP contribution in [0.2, 0.25) is 0 Å². The summed E-state index contributed by atoms with van der Waals surface area (Å²) in [6.07, 6.45) is -0.505. The first-order valence-corrected chi connectivity index (χ1v) is 2.29. The molecule has 0 spiro atoms. The maximum Gasteiger partial charge on any atom is 0.372 e. The first-order chi connectivity index (χ1) is 4.04. The van der Waals surface area contributed by atoms with Crippen LogP contribution in [0.15, 0.2) is 0 Å². The molecule has 0 aromatic rings. The van der Waals surface area contributed by atoms with Crippen LogP contribution in [0, 0.1) is 0 Å². The Morgan fingerprint density at radius 1 is 1.30 bits per heavy atom. The first kappa shape index (κ1) is 12.3. The lowest BCUT2D eigenvalue weighted by molar-refractivity contribution is -0.150. The Labute approximate surface area is 73.7 Å². The normalized spacial score (nSPS) is 7.70. The molecule has 0 aliphatic carbocycles. The van der Waals surface area contributed by atoms with E-state index in [-0.39, 0.29) is 23.1 Å². The van der Waals surface area contributed by atoms with Crippen molar-refractivity contribution in [2.75, 3.05) is 0 Å². The Balaban J connectivity index is 0. The Kier molecular flexibility index (Phi) is 6.59. The summed E-state index contributed by atoms with van der Waals surface area (Å²) in [5.41, 5.74) is 0. The van der Waals surface area contributed by atoms with Gasteiger partial charge in [-0.1, -0.05) is 0 Å². The summed E-state index contributed by atoms with van der Waals surface area (Å²) in [5, 5.41) is 7.93. The average Bonchev–Trinajstić information content (AvgIpc) is 1.63. The molecule has 0 aromatic carbocycles. The molecule has 0 aliphatic rings. The van der Waals surface area contributed by atoms with Gasteiger partial charge in [0.25, 0.3) is 0 Å². The summed E-state index contributed by atoms with van der Waals surface area (Å²) in [5.74, 6) is -3.03. The maximum absolute atomic E-state index is 10.1. The summed E-state index contributed by atoms with van der Waals surface area (Å²) < 4.78 is 0. The number of ketones is 2. The molecule has 0 heterocycles. The lowest BCUT2D eigenvalue weighted by atomic mass is 10.2. The van der Waals surface area contributed by atoms with Crippen molar-refractivity contribution in [3.05, 3.63) is 0 Å². The zero-order valence-corrected chi connectivity index (χ0v) is 4.88. The van der Waals surface area contributed by atoms with Crippen molar-refractivity contribution >= 4 is 40.6 Å². The molecule has 0 radical (unpaired) electrons. The Bertz CT molecular complexity index is 163. The van der Waals surface area contributed by atoms with Gasteiger partial charge >= 0.3 is 29.0 Å². The molecule has 0 aliphatic heterocycles. The van der Waals surface area contributed by atoms with E-state index in [0.29, 0.717) is 0 Å². The third-order valence-electron chi connectivity index (χ3n) is 0.648. The molecule has 0 bridgehead atoms. The van der Waals surface area contributed by atoms with E-state index >= 15 is 0 Å². The SMILES string of the molecule is CC(=O)CC(=O)C(=O)O.[MgH2]. The molecule has 0 saturated heterocycles. The molecular weight excluding hydrogens is 148 g/mol. The van der Waals surface area contributed by atoms with Crippen LogP contribution in [-0.4, -0.2) is 45.7 Å². The van der Waals surface area contributed by atoms with Crippen molar-refractivity contribution in [3.8, 4) is 0 Å². The largest absolute Gasteiger partial charge is 0.475 e. The first-order valence-electron chi connectivity index (χ1n) is 2.29. The van der Waals surface area contributed by atoms with Gasteiger partial charge in [-0.25, -0.2) is 4.79 Å². The van der Waals surface area contributed by atoms with Gasteiger partial charge in [0.15, 0.2) is 0 Å². The summed E-state index contributed by atoms with van der Waals surface area (Å²) in [4.78, 5) is 29.9. The second-order valence-corrected chi connectivity index (χ2v) is 1.61. The fourth-order valence-electron chi connectivity index (χ4n) is 0.302. The van der Waals surface area contributed by atoms with Gasteiger partial charge in [-0.2, -0.15) is 0 Å². The highest BCUT2D eigenvalue weighted by Crippen LogP contribution is 1.83. The lowest BCUT2D eigenvalue weighted by Gasteiger charge is -1.86. The highest BCUT2D eigenvalue weighted by atomic mass is 24.3. The predicted octanol–water partition coefficient (Wildman–Crippen LogP) is -1.30. The van der Waals surface area contributed by atoms with E-state index in [2.05, 4.69) is 0 Å². The molecule has 0 fully saturated rings. The van der Waals surface area contributed by atoms with Gasteiger partial charge < -0.3 is 5.11 Å². The molecule has 0 amide bonds. The van der Waals surface area contributed by atoms with Crippen LogP contribution in [0.4, 0.5) is 0 Å². The highest BCUT2D eigenvalue weighted by Gasteiger charge is 2.12. The van der Waals surface area contributed by atoms with Crippen LogP contribution in [0.5, 0.6) is 0 Å². The second-order valence-electron chi connectivity index (χ2n) is 1.61. The third-order valence-corrected chi connectivity index (χ3v) is 0.648. The van der Waals surface area contributed by atoms with Crippen LogP contribution in [0.1, 0.15) is 13.3 Å². The Hall–Kier alpha value is -0.424.